The molecule has 9 nitrogen and oxygen atoms in total. The van der Waals surface area contributed by atoms with Crippen molar-refractivity contribution >= 4 is 28.7 Å². The maximum atomic E-state index is 12.6. The molecular formula is C18H22N4O5. The largest absolute Gasteiger partial charge is 0.448 e. The van der Waals surface area contributed by atoms with Gasteiger partial charge in [-0.25, -0.2) is 14.3 Å². The van der Waals surface area contributed by atoms with Gasteiger partial charge in [-0.15, -0.1) is 0 Å². The predicted molar refractivity (Wildman–Crippen MR) is 98.1 cm³/mol. The monoisotopic (exact) mass is 374 g/mol. The SMILES string of the molecule is CCCCCn1nc(C(=O)O[C@H](C)C(=O)NC(N)=O)c2ccccc2c1=O. The van der Waals surface area contributed by atoms with Gasteiger partial charge in [-0.1, -0.05) is 38.0 Å². The number of hydrogen-bond donors (Lipinski definition) is 2. The van der Waals surface area contributed by atoms with E-state index < -0.39 is 24.0 Å². The van der Waals surface area contributed by atoms with Crippen molar-refractivity contribution in [2.75, 3.05) is 0 Å². The van der Waals surface area contributed by atoms with Gasteiger partial charge in [-0.2, -0.15) is 5.10 Å². The summed E-state index contributed by atoms with van der Waals surface area (Å²) in [5, 5.41) is 6.66. The zero-order valence-corrected chi connectivity index (χ0v) is 15.2. The third-order valence-corrected chi connectivity index (χ3v) is 3.93. The van der Waals surface area contributed by atoms with E-state index in [-0.39, 0.29) is 11.3 Å². The van der Waals surface area contributed by atoms with Crippen LogP contribution >= 0.6 is 0 Å². The summed E-state index contributed by atoms with van der Waals surface area (Å²) in [4.78, 5) is 47.6. The van der Waals surface area contributed by atoms with Gasteiger partial charge in [0.15, 0.2) is 11.8 Å². The minimum atomic E-state index is -1.26. The van der Waals surface area contributed by atoms with Crippen LogP contribution in [0.5, 0.6) is 0 Å². The number of rotatable bonds is 7. The highest BCUT2D eigenvalue weighted by molar-refractivity contribution is 6.03. The normalized spacial score (nSPS) is 11.8. The number of imide groups is 1. The average molecular weight is 374 g/mol. The fraction of sp³-hybridized carbons (Fsp3) is 0.389. The van der Waals surface area contributed by atoms with Crippen LogP contribution in [-0.4, -0.2) is 33.8 Å². The van der Waals surface area contributed by atoms with Gasteiger partial charge in [-0.3, -0.25) is 14.9 Å². The number of nitrogens with two attached hydrogens (primary N) is 1. The molecule has 0 aliphatic rings. The number of nitrogens with zero attached hydrogens (tertiary/aromatic N) is 2. The summed E-state index contributed by atoms with van der Waals surface area (Å²) < 4.78 is 6.33. The molecule has 0 saturated heterocycles. The highest BCUT2D eigenvalue weighted by Crippen LogP contribution is 2.15. The second kappa shape index (κ2) is 8.93. The van der Waals surface area contributed by atoms with E-state index in [0.29, 0.717) is 17.3 Å². The molecule has 0 spiro atoms. The Morgan fingerprint density at radius 2 is 1.89 bits per heavy atom. The summed E-state index contributed by atoms with van der Waals surface area (Å²) in [7, 11) is 0. The van der Waals surface area contributed by atoms with Crippen molar-refractivity contribution in [1.82, 2.24) is 15.1 Å². The molecule has 0 bridgehead atoms. The van der Waals surface area contributed by atoms with Gasteiger partial charge < -0.3 is 10.5 Å². The zero-order chi connectivity index (χ0) is 20.0. The number of fused-ring (bicyclic) bond motifs is 1. The van der Waals surface area contributed by atoms with Gasteiger partial charge >= 0.3 is 12.0 Å². The number of ether oxygens (including phenoxy) is 1. The summed E-state index contributed by atoms with van der Waals surface area (Å²) in [6.07, 6.45) is 1.38. The van der Waals surface area contributed by atoms with Crippen molar-refractivity contribution in [2.24, 2.45) is 5.73 Å². The summed E-state index contributed by atoms with van der Waals surface area (Å²) >= 11 is 0. The van der Waals surface area contributed by atoms with Gasteiger partial charge in [0.05, 0.1) is 5.39 Å². The number of primary amides is 1. The lowest BCUT2D eigenvalue weighted by Gasteiger charge is -2.14. The standard InChI is InChI=1S/C18H22N4O5/c1-3-4-7-10-22-16(24)13-9-6-5-8-12(13)14(21-22)17(25)27-11(2)15(23)20-18(19)26/h5-6,8-9,11H,3-4,7,10H2,1-2H3,(H3,19,20,23,26)/t11-/m1/s1. The lowest BCUT2D eigenvalue weighted by atomic mass is 10.1. The van der Waals surface area contributed by atoms with Crippen LogP contribution in [0, 0.1) is 0 Å². The third-order valence-electron chi connectivity index (χ3n) is 3.93. The number of hydrogen-bond acceptors (Lipinski definition) is 6. The quantitative estimate of drug-likeness (QED) is 0.555. The Morgan fingerprint density at radius 3 is 2.52 bits per heavy atom. The third kappa shape index (κ3) is 4.90. The number of aromatic nitrogens is 2. The van der Waals surface area contributed by atoms with Crippen molar-refractivity contribution in [3.8, 4) is 0 Å². The molecule has 0 aliphatic carbocycles. The van der Waals surface area contributed by atoms with E-state index in [4.69, 9.17) is 10.5 Å². The fourth-order valence-electron chi connectivity index (χ4n) is 2.54. The fourth-order valence-corrected chi connectivity index (χ4v) is 2.54. The van der Waals surface area contributed by atoms with Crippen LogP contribution in [0.3, 0.4) is 0 Å². The summed E-state index contributed by atoms with van der Waals surface area (Å²) in [5.41, 5.74) is 4.52. The van der Waals surface area contributed by atoms with E-state index in [1.165, 1.54) is 11.6 Å². The number of carbonyl (C=O) groups excluding carboxylic acids is 3. The number of carbonyl (C=O) groups is 3. The first-order valence-corrected chi connectivity index (χ1v) is 8.66. The Hall–Kier alpha value is -3.23. The summed E-state index contributed by atoms with van der Waals surface area (Å²) in [6, 6.07) is 5.51. The molecule has 3 amide bonds. The second-order valence-electron chi connectivity index (χ2n) is 6.03. The van der Waals surface area contributed by atoms with Crippen LogP contribution < -0.4 is 16.6 Å². The number of amides is 3. The summed E-state index contributed by atoms with van der Waals surface area (Å²) in [5.74, 6) is -1.72. The molecule has 144 valence electrons. The Balaban J connectivity index is 2.36. The molecule has 0 saturated carbocycles. The first-order chi connectivity index (χ1) is 12.8. The lowest BCUT2D eigenvalue weighted by molar-refractivity contribution is -0.127. The van der Waals surface area contributed by atoms with Crippen LogP contribution in [0.1, 0.15) is 43.6 Å². The average Bonchev–Trinajstić information content (AvgIpc) is 2.63. The van der Waals surface area contributed by atoms with Crippen molar-refractivity contribution in [3.05, 3.63) is 40.3 Å². The van der Waals surface area contributed by atoms with E-state index in [1.54, 1.807) is 24.3 Å². The minimum Gasteiger partial charge on any atom is -0.448 e. The molecule has 1 aromatic carbocycles. The Labute approximate surface area is 155 Å². The molecule has 0 unspecified atom stereocenters. The molecular weight excluding hydrogens is 352 g/mol. The van der Waals surface area contributed by atoms with E-state index in [2.05, 4.69) is 5.10 Å². The topological polar surface area (TPSA) is 133 Å². The first-order valence-electron chi connectivity index (χ1n) is 8.66. The van der Waals surface area contributed by atoms with E-state index in [1.807, 2.05) is 12.2 Å². The number of nitrogens with one attached hydrogen (secondary N) is 1. The number of aryl methyl sites for hydroxylation is 1. The maximum Gasteiger partial charge on any atom is 0.360 e. The molecule has 0 fully saturated rings. The highest BCUT2D eigenvalue weighted by Gasteiger charge is 2.23. The van der Waals surface area contributed by atoms with Crippen molar-refractivity contribution in [2.45, 2.75) is 45.8 Å². The number of benzene rings is 1. The van der Waals surface area contributed by atoms with Crippen LogP contribution in [0.15, 0.2) is 29.1 Å². The van der Waals surface area contributed by atoms with Crippen molar-refractivity contribution < 1.29 is 19.1 Å². The Bertz CT molecular complexity index is 922. The minimum absolute atomic E-state index is 0.0691. The van der Waals surface area contributed by atoms with Gasteiger partial charge in [0.2, 0.25) is 0 Å². The molecule has 1 atom stereocenters. The van der Waals surface area contributed by atoms with Crippen LogP contribution in [0.4, 0.5) is 4.79 Å². The van der Waals surface area contributed by atoms with Crippen LogP contribution in [0.25, 0.3) is 10.8 Å². The molecule has 3 N–H and O–H groups in total. The van der Waals surface area contributed by atoms with Crippen LogP contribution in [-0.2, 0) is 16.1 Å². The molecule has 0 aliphatic heterocycles. The predicted octanol–water partition coefficient (Wildman–Crippen LogP) is 1.33. The molecule has 1 heterocycles. The van der Waals surface area contributed by atoms with E-state index in [9.17, 15) is 19.2 Å². The maximum absolute atomic E-state index is 12.6. The van der Waals surface area contributed by atoms with Gasteiger partial charge in [0.1, 0.15) is 0 Å². The highest BCUT2D eigenvalue weighted by atomic mass is 16.5. The molecule has 2 aromatic rings. The zero-order valence-electron chi connectivity index (χ0n) is 15.2. The second-order valence-corrected chi connectivity index (χ2v) is 6.03. The molecule has 9 heteroatoms. The lowest BCUT2D eigenvalue weighted by Crippen LogP contribution is -2.42. The van der Waals surface area contributed by atoms with E-state index >= 15 is 0 Å². The van der Waals surface area contributed by atoms with Crippen molar-refractivity contribution in [1.29, 1.82) is 0 Å². The molecule has 0 radical (unpaired) electrons. The molecule has 27 heavy (non-hydrogen) atoms. The Kier molecular flexibility index (Phi) is 6.64. The first kappa shape index (κ1) is 20.1. The number of urea groups is 1. The smallest absolute Gasteiger partial charge is 0.360 e. The summed E-state index contributed by atoms with van der Waals surface area (Å²) in [6.45, 7) is 3.71. The van der Waals surface area contributed by atoms with Gasteiger partial charge in [-0.05, 0) is 19.4 Å². The van der Waals surface area contributed by atoms with Gasteiger partial charge in [0.25, 0.3) is 11.5 Å². The van der Waals surface area contributed by atoms with Crippen molar-refractivity contribution in [3.63, 3.8) is 0 Å². The Morgan fingerprint density at radius 1 is 1.22 bits per heavy atom. The number of unbranched alkanes of at least 4 members (excludes halogenated alkanes) is 2. The molecule has 2 rings (SSSR count). The van der Waals surface area contributed by atoms with Gasteiger partial charge in [0, 0.05) is 11.9 Å². The van der Waals surface area contributed by atoms with E-state index in [0.717, 1.165) is 19.3 Å². The number of esters is 1. The molecule has 1 aromatic heterocycles. The van der Waals surface area contributed by atoms with Crippen LogP contribution in [0.2, 0.25) is 0 Å².